The average molecular weight is 268 g/mol. The molecule has 104 valence electrons. The minimum Gasteiger partial charge on any atom is -0.326 e. The second-order valence-electron chi connectivity index (χ2n) is 4.15. The van der Waals surface area contributed by atoms with Crippen LogP contribution >= 0.6 is 0 Å². The number of hydrogen-bond acceptors (Lipinski definition) is 2. The third kappa shape index (κ3) is 3.57. The van der Waals surface area contributed by atoms with Gasteiger partial charge in [0.05, 0.1) is 6.42 Å². The highest BCUT2D eigenvalue weighted by molar-refractivity contribution is 5.99. The first kappa shape index (κ1) is 6.89. The maximum absolute atomic E-state index is 11.7. The second kappa shape index (κ2) is 6.71. The fraction of sp³-hybridized carbons (Fsp3) is 0.562. The number of benzene rings is 1. The van der Waals surface area contributed by atoms with Crippen molar-refractivity contribution >= 4 is 11.6 Å². The van der Waals surface area contributed by atoms with Gasteiger partial charge in [0.15, 0.2) is 0 Å². The van der Waals surface area contributed by atoms with Crippen molar-refractivity contribution in [2.75, 3.05) is 24.8 Å². The Kier molecular flexibility index (Phi) is 2.43. The molecule has 0 saturated carbocycles. The molecular weight excluding hydrogens is 236 g/mol. The number of fused-ring (bicyclic) bond motifs is 1. The highest BCUT2D eigenvalue weighted by atomic mass is 16.1. The second-order valence-corrected chi connectivity index (χ2v) is 4.15. The molecule has 0 aliphatic carbocycles. The van der Waals surface area contributed by atoms with Crippen LogP contribution in [-0.4, -0.2) is 30.3 Å². The molecule has 0 unspecified atom stereocenters. The van der Waals surface area contributed by atoms with E-state index in [0.29, 0.717) is 16.2 Å². The van der Waals surface area contributed by atoms with Crippen molar-refractivity contribution < 1.29 is 15.8 Å². The van der Waals surface area contributed by atoms with Crippen LogP contribution in [-0.2, 0) is 17.6 Å². The molecule has 0 aromatic heterocycles. The first-order valence-electron chi connectivity index (χ1n) is 10.4. The summed E-state index contributed by atoms with van der Waals surface area (Å²) in [5.41, 5.74) is 0.610. The zero-order valence-corrected chi connectivity index (χ0v) is 11.2. The molecule has 1 N–H and O–H groups in total. The normalized spacial score (nSPS) is 23.0. The van der Waals surface area contributed by atoms with Gasteiger partial charge in [-0.15, -0.1) is 0 Å². The van der Waals surface area contributed by atoms with Crippen LogP contribution in [0.5, 0.6) is 0 Å². The van der Waals surface area contributed by atoms with Gasteiger partial charge in [-0.25, -0.2) is 0 Å². The molecule has 0 saturated heterocycles. The van der Waals surface area contributed by atoms with Gasteiger partial charge in [0.2, 0.25) is 5.91 Å². The molecule has 3 nitrogen and oxygen atoms in total. The third-order valence-electron chi connectivity index (χ3n) is 2.72. The highest BCUT2D eigenvalue weighted by Gasteiger charge is 2.20. The zero-order valence-electron chi connectivity index (χ0n) is 19.2. The number of hydrogen-bond donors (Lipinski definition) is 1. The van der Waals surface area contributed by atoms with Gasteiger partial charge in [0.25, 0.3) is 0 Å². The Labute approximate surface area is 127 Å². The largest absolute Gasteiger partial charge is 0.326 e. The molecule has 1 aromatic rings. The lowest BCUT2D eigenvalue weighted by Crippen LogP contribution is -2.28. The molecule has 0 bridgehead atoms. The standard InChI is InChI=1S/C16H24N2O/c1-3-9-18(10-4-2)11-8-13-6-5-7-15-14(13)12-16(19)17-15/h5-7H,3-4,8-12H2,1-2H3,(H,17,19)/i8D2,9D2,10D2,11D2. The van der Waals surface area contributed by atoms with Crippen LogP contribution in [0.15, 0.2) is 18.2 Å². The van der Waals surface area contributed by atoms with Crippen molar-refractivity contribution in [1.29, 1.82) is 0 Å². The summed E-state index contributed by atoms with van der Waals surface area (Å²) >= 11 is 0. The number of carbonyl (C=O) groups is 1. The molecule has 0 radical (unpaired) electrons. The molecule has 0 fully saturated rings. The lowest BCUT2D eigenvalue weighted by atomic mass is 10.0. The fourth-order valence-electron chi connectivity index (χ4n) is 1.93. The summed E-state index contributed by atoms with van der Waals surface area (Å²) in [6.45, 7) is -4.99. The van der Waals surface area contributed by atoms with Crippen LogP contribution < -0.4 is 5.32 Å². The van der Waals surface area contributed by atoms with Crippen LogP contribution in [0.4, 0.5) is 5.69 Å². The molecule has 1 amide bonds. The Morgan fingerprint density at radius 2 is 2.00 bits per heavy atom. The van der Waals surface area contributed by atoms with E-state index in [1.165, 1.54) is 26.0 Å². The highest BCUT2D eigenvalue weighted by Crippen LogP contribution is 2.26. The molecule has 3 heteroatoms. The van der Waals surface area contributed by atoms with Gasteiger partial charge < -0.3 is 10.2 Å². The number of rotatable bonds is 7. The van der Waals surface area contributed by atoms with Crippen LogP contribution in [0.1, 0.15) is 48.8 Å². The van der Waals surface area contributed by atoms with E-state index < -0.39 is 25.9 Å². The SMILES string of the molecule is [2H]C([2H])(CC)N(C([2H])([2H])CC)C([2H])([2H])C([2H])([2H])c1cccc2c1CC(=O)N2. The van der Waals surface area contributed by atoms with Crippen molar-refractivity contribution in [3.63, 3.8) is 0 Å². The van der Waals surface area contributed by atoms with Gasteiger partial charge >= 0.3 is 0 Å². The topological polar surface area (TPSA) is 32.3 Å². The summed E-state index contributed by atoms with van der Waals surface area (Å²) in [5, 5.41) is 2.58. The molecule has 1 aliphatic rings. The van der Waals surface area contributed by atoms with Crippen LogP contribution in [0, 0.1) is 0 Å². The summed E-state index contributed by atoms with van der Waals surface area (Å²) in [7, 11) is 0. The molecule has 1 heterocycles. The van der Waals surface area contributed by atoms with Gasteiger partial charge in [0, 0.05) is 23.2 Å². The molecule has 1 aromatic carbocycles. The number of nitrogens with one attached hydrogen (secondary N) is 1. The molecular formula is C16H24N2O. The quantitative estimate of drug-likeness (QED) is 0.824. The van der Waals surface area contributed by atoms with E-state index in [1.807, 2.05) is 0 Å². The van der Waals surface area contributed by atoms with Crippen LogP contribution in [0.3, 0.4) is 0 Å². The van der Waals surface area contributed by atoms with Gasteiger partial charge in [-0.05, 0) is 49.4 Å². The molecule has 0 spiro atoms. The number of anilines is 1. The lowest BCUT2D eigenvalue weighted by Gasteiger charge is -2.21. The number of amides is 1. The Bertz CT molecular complexity index is 719. The van der Waals surface area contributed by atoms with Gasteiger partial charge in [-0.3, -0.25) is 4.79 Å². The minimum absolute atomic E-state index is 0.0906. The van der Waals surface area contributed by atoms with Crippen molar-refractivity contribution in [2.24, 2.45) is 0 Å². The van der Waals surface area contributed by atoms with E-state index in [4.69, 9.17) is 11.0 Å². The van der Waals surface area contributed by atoms with E-state index in [-0.39, 0.29) is 30.7 Å². The Hall–Kier alpha value is -1.35. The monoisotopic (exact) mass is 268 g/mol. The third-order valence-corrected chi connectivity index (χ3v) is 2.72. The average Bonchev–Trinajstić information content (AvgIpc) is 2.93. The number of aryl methyl sites for hydroxylation is 1. The van der Waals surface area contributed by atoms with E-state index in [1.54, 1.807) is 6.07 Å². The number of nitrogens with zero attached hydrogens (tertiary/aromatic N) is 1. The van der Waals surface area contributed by atoms with Gasteiger partial charge in [-0.2, -0.15) is 0 Å². The molecule has 2 rings (SSSR count). The summed E-state index contributed by atoms with van der Waals surface area (Å²) in [6.07, 6.45) is -3.35. The first-order valence-corrected chi connectivity index (χ1v) is 6.45. The van der Waals surface area contributed by atoms with E-state index in [9.17, 15) is 4.79 Å². The van der Waals surface area contributed by atoms with Crippen LogP contribution in [0.25, 0.3) is 0 Å². The summed E-state index contributed by atoms with van der Waals surface area (Å²) < 4.78 is 66.6. The minimum atomic E-state index is -3.03. The van der Waals surface area contributed by atoms with E-state index >= 15 is 0 Å². The molecule has 1 aliphatic heterocycles. The van der Waals surface area contributed by atoms with Crippen molar-refractivity contribution in [2.45, 2.75) is 39.5 Å². The summed E-state index contributed by atoms with van der Waals surface area (Å²) in [5.74, 6) is -0.335. The fourth-order valence-corrected chi connectivity index (χ4v) is 1.93. The maximum atomic E-state index is 11.7. The lowest BCUT2D eigenvalue weighted by molar-refractivity contribution is -0.115. The predicted molar refractivity (Wildman–Crippen MR) is 79.5 cm³/mol. The number of carbonyl (C=O) groups excluding carboxylic acids is 1. The predicted octanol–water partition coefficient (Wildman–Crippen LogP) is 2.85. The van der Waals surface area contributed by atoms with Gasteiger partial charge in [-0.1, -0.05) is 26.0 Å². The van der Waals surface area contributed by atoms with E-state index in [0.717, 1.165) is 0 Å². The maximum Gasteiger partial charge on any atom is 0.228 e. The Morgan fingerprint density at radius 3 is 2.68 bits per heavy atom. The van der Waals surface area contributed by atoms with Crippen molar-refractivity contribution in [1.82, 2.24) is 4.90 Å². The first-order chi connectivity index (χ1) is 12.2. The zero-order chi connectivity index (χ0) is 20.8. The van der Waals surface area contributed by atoms with Crippen LogP contribution in [0.2, 0.25) is 0 Å². The van der Waals surface area contributed by atoms with E-state index in [2.05, 4.69) is 5.32 Å². The van der Waals surface area contributed by atoms with Crippen molar-refractivity contribution in [3.8, 4) is 0 Å². The smallest absolute Gasteiger partial charge is 0.228 e. The van der Waals surface area contributed by atoms with Crippen molar-refractivity contribution in [3.05, 3.63) is 29.3 Å². The summed E-state index contributed by atoms with van der Waals surface area (Å²) in [4.78, 5) is 12.1. The summed E-state index contributed by atoms with van der Waals surface area (Å²) in [6, 6.07) is 4.43. The molecule has 0 atom stereocenters. The Morgan fingerprint density at radius 1 is 1.26 bits per heavy atom. The van der Waals surface area contributed by atoms with Gasteiger partial charge in [0.1, 0.15) is 0 Å². The Balaban J connectivity index is 2.65. The molecule has 19 heavy (non-hydrogen) atoms.